The molecule has 1 aromatic rings. The minimum absolute atomic E-state index is 0.0655. The molecule has 1 aromatic carbocycles. The van der Waals surface area contributed by atoms with Crippen LogP contribution in [0.3, 0.4) is 0 Å². The summed E-state index contributed by atoms with van der Waals surface area (Å²) in [6.07, 6.45) is 1.76. The molecule has 5 heteroatoms. The number of carbonyl (C=O) groups is 1. The molecule has 2 nitrogen and oxygen atoms in total. The number of hydrogen-bond acceptors (Lipinski definition) is 1. The summed E-state index contributed by atoms with van der Waals surface area (Å²) < 4.78 is 25.7. The first kappa shape index (κ1) is 15.1. The highest BCUT2D eigenvalue weighted by atomic mass is 79.9. The zero-order chi connectivity index (χ0) is 13.5. The zero-order valence-electron chi connectivity index (χ0n) is 10.2. The van der Waals surface area contributed by atoms with Gasteiger partial charge in [0.05, 0.1) is 6.42 Å². The van der Waals surface area contributed by atoms with Gasteiger partial charge in [-0.25, -0.2) is 8.78 Å². The molecule has 0 saturated heterocycles. The standard InChI is InChI=1S/C13H16BrF2NO/c1-2-10(5-6-14)17-13(18)8-9-3-4-11(15)12(16)7-9/h3-4,7,10H,2,5-6,8H2,1H3,(H,17,18). The van der Waals surface area contributed by atoms with Gasteiger partial charge in [0.25, 0.3) is 0 Å². The number of nitrogens with one attached hydrogen (secondary N) is 1. The fourth-order valence-electron chi connectivity index (χ4n) is 1.62. The van der Waals surface area contributed by atoms with Crippen LogP contribution in [0.4, 0.5) is 8.78 Å². The van der Waals surface area contributed by atoms with E-state index in [1.165, 1.54) is 6.07 Å². The Morgan fingerprint density at radius 2 is 2.11 bits per heavy atom. The summed E-state index contributed by atoms with van der Waals surface area (Å²) in [5.74, 6) is -1.99. The molecule has 0 spiro atoms. The van der Waals surface area contributed by atoms with Crippen molar-refractivity contribution in [3.63, 3.8) is 0 Å². The number of hydrogen-bond donors (Lipinski definition) is 1. The third kappa shape index (κ3) is 4.72. The van der Waals surface area contributed by atoms with Gasteiger partial charge < -0.3 is 5.32 Å². The topological polar surface area (TPSA) is 29.1 Å². The van der Waals surface area contributed by atoms with Crippen molar-refractivity contribution in [3.8, 4) is 0 Å². The second-order valence-electron chi connectivity index (χ2n) is 4.08. The van der Waals surface area contributed by atoms with Crippen molar-refractivity contribution in [1.29, 1.82) is 0 Å². The Bertz CT molecular complexity index is 412. The van der Waals surface area contributed by atoms with Crippen molar-refractivity contribution in [3.05, 3.63) is 35.4 Å². The maximum Gasteiger partial charge on any atom is 0.224 e. The molecule has 1 atom stereocenters. The van der Waals surface area contributed by atoms with Gasteiger partial charge in [0.1, 0.15) is 0 Å². The van der Waals surface area contributed by atoms with Crippen molar-refractivity contribution in [1.82, 2.24) is 5.32 Å². The molecule has 0 saturated carbocycles. The van der Waals surface area contributed by atoms with Gasteiger partial charge in [-0.15, -0.1) is 0 Å². The lowest BCUT2D eigenvalue weighted by Gasteiger charge is -2.15. The largest absolute Gasteiger partial charge is 0.353 e. The maximum absolute atomic E-state index is 13.0. The van der Waals surface area contributed by atoms with Crippen LogP contribution in [-0.4, -0.2) is 17.3 Å². The quantitative estimate of drug-likeness (QED) is 0.802. The summed E-state index contributed by atoms with van der Waals surface area (Å²) in [6.45, 7) is 1.99. The Morgan fingerprint density at radius 1 is 1.39 bits per heavy atom. The molecule has 0 aliphatic carbocycles. The van der Waals surface area contributed by atoms with Gasteiger partial charge in [-0.3, -0.25) is 4.79 Å². The average Bonchev–Trinajstić information content (AvgIpc) is 2.33. The van der Waals surface area contributed by atoms with Crippen LogP contribution in [0.5, 0.6) is 0 Å². The Labute approximate surface area is 114 Å². The second kappa shape index (κ2) is 7.46. The van der Waals surface area contributed by atoms with Crippen LogP contribution in [0.25, 0.3) is 0 Å². The lowest BCUT2D eigenvalue weighted by atomic mass is 10.1. The summed E-state index contributed by atoms with van der Waals surface area (Å²) in [5.41, 5.74) is 0.472. The molecule has 0 aromatic heterocycles. The van der Waals surface area contributed by atoms with Gasteiger partial charge in [0.15, 0.2) is 11.6 Å². The molecule has 1 N–H and O–H groups in total. The summed E-state index contributed by atoms with van der Waals surface area (Å²) in [5, 5.41) is 3.68. The molecular formula is C13H16BrF2NO. The number of carbonyl (C=O) groups excluding carboxylic acids is 1. The van der Waals surface area contributed by atoms with Crippen LogP contribution in [-0.2, 0) is 11.2 Å². The van der Waals surface area contributed by atoms with Crippen LogP contribution in [0.1, 0.15) is 25.3 Å². The SMILES string of the molecule is CCC(CCBr)NC(=O)Cc1ccc(F)c(F)c1. The third-order valence-electron chi connectivity index (χ3n) is 2.66. The smallest absolute Gasteiger partial charge is 0.224 e. The van der Waals surface area contributed by atoms with E-state index in [0.29, 0.717) is 5.56 Å². The normalized spacial score (nSPS) is 12.2. The molecule has 1 unspecified atom stereocenters. The first-order chi connectivity index (χ1) is 8.56. The third-order valence-corrected chi connectivity index (χ3v) is 3.12. The number of rotatable bonds is 6. The molecule has 0 fully saturated rings. The van der Waals surface area contributed by atoms with Gasteiger partial charge >= 0.3 is 0 Å². The molecule has 1 amide bonds. The number of halogens is 3. The minimum atomic E-state index is -0.923. The molecule has 0 radical (unpaired) electrons. The van der Waals surface area contributed by atoms with Gasteiger partial charge in [-0.1, -0.05) is 28.9 Å². The highest BCUT2D eigenvalue weighted by Gasteiger charge is 2.11. The van der Waals surface area contributed by atoms with Gasteiger partial charge in [-0.2, -0.15) is 0 Å². The molecule has 0 aliphatic rings. The minimum Gasteiger partial charge on any atom is -0.353 e. The van der Waals surface area contributed by atoms with Crippen molar-refractivity contribution < 1.29 is 13.6 Å². The van der Waals surface area contributed by atoms with E-state index in [-0.39, 0.29) is 18.4 Å². The van der Waals surface area contributed by atoms with Crippen molar-refractivity contribution >= 4 is 21.8 Å². The van der Waals surface area contributed by atoms with E-state index in [2.05, 4.69) is 21.2 Å². The van der Waals surface area contributed by atoms with E-state index in [1.807, 2.05) is 6.92 Å². The van der Waals surface area contributed by atoms with Crippen LogP contribution in [0.2, 0.25) is 0 Å². The molecule has 18 heavy (non-hydrogen) atoms. The number of benzene rings is 1. The Balaban J connectivity index is 2.55. The lowest BCUT2D eigenvalue weighted by Crippen LogP contribution is -2.35. The van der Waals surface area contributed by atoms with E-state index in [4.69, 9.17) is 0 Å². The average molecular weight is 320 g/mol. The van der Waals surface area contributed by atoms with Gasteiger partial charge in [0, 0.05) is 11.4 Å². The highest BCUT2D eigenvalue weighted by Crippen LogP contribution is 2.09. The molecule has 1 rings (SSSR count). The highest BCUT2D eigenvalue weighted by molar-refractivity contribution is 9.09. The fourth-order valence-corrected chi connectivity index (χ4v) is 2.18. The molecular weight excluding hydrogens is 304 g/mol. The van der Waals surface area contributed by atoms with Crippen molar-refractivity contribution in [2.45, 2.75) is 32.2 Å². The van der Waals surface area contributed by atoms with Crippen molar-refractivity contribution in [2.24, 2.45) is 0 Å². The van der Waals surface area contributed by atoms with E-state index >= 15 is 0 Å². The monoisotopic (exact) mass is 319 g/mol. The molecule has 100 valence electrons. The Kier molecular flexibility index (Phi) is 6.25. The van der Waals surface area contributed by atoms with E-state index in [9.17, 15) is 13.6 Å². The van der Waals surface area contributed by atoms with Crippen LogP contribution in [0, 0.1) is 11.6 Å². The van der Waals surface area contributed by atoms with Crippen molar-refractivity contribution in [2.75, 3.05) is 5.33 Å². The Morgan fingerprint density at radius 3 is 2.67 bits per heavy atom. The maximum atomic E-state index is 13.0. The fraction of sp³-hybridized carbons (Fsp3) is 0.462. The summed E-state index contributed by atoms with van der Waals surface area (Å²) in [4.78, 5) is 11.7. The first-order valence-corrected chi connectivity index (χ1v) is 6.98. The molecule has 0 bridgehead atoms. The van der Waals surface area contributed by atoms with Crippen LogP contribution >= 0.6 is 15.9 Å². The predicted molar refractivity (Wildman–Crippen MR) is 70.7 cm³/mol. The van der Waals surface area contributed by atoms with Gasteiger partial charge in [-0.05, 0) is 30.5 Å². The molecule has 0 heterocycles. The summed E-state index contributed by atoms with van der Waals surface area (Å²) in [7, 11) is 0. The predicted octanol–water partition coefficient (Wildman–Crippen LogP) is 3.19. The van der Waals surface area contributed by atoms with Gasteiger partial charge in [0.2, 0.25) is 5.91 Å². The number of amides is 1. The van der Waals surface area contributed by atoms with E-state index in [0.717, 1.165) is 30.3 Å². The summed E-state index contributed by atoms with van der Waals surface area (Å²) in [6, 6.07) is 3.62. The lowest BCUT2D eigenvalue weighted by molar-refractivity contribution is -0.121. The zero-order valence-corrected chi connectivity index (χ0v) is 11.8. The second-order valence-corrected chi connectivity index (χ2v) is 4.87. The van der Waals surface area contributed by atoms with E-state index in [1.54, 1.807) is 0 Å². The number of alkyl halides is 1. The molecule has 0 aliphatic heterocycles. The summed E-state index contributed by atoms with van der Waals surface area (Å²) >= 11 is 3.32. The first-order valence-electron chi connectivity index (χ1n) is 5.86. The van der Waals surface area contributed by atoms with Crippen LogP contribution in [0.15, 0.2) is 18.2 Å². The Hall–Kier alpha value is -0.970. The van der Waals surface area contributed by atoms with E-state index < -0.39 is 11.6 Å². The van der Waals surface area contributed by atoms with Crippen LogP contribution < -0.4 is 5.32 Å².